The molecule has 3 aromatic rings. The predicted molar refractivity (Wildman–Crippen MR) is 163 cm³/mol. The van der Waals surface area contributed by atoms with E-state index in [0.717, 1.165) is 38.3 Å². The Kier molecular flexibility index (Phi) is 9.23. The van der Waals surface area contributed by atoms with Crippen molar-refractivity contribution in [2.45, 2.75) is 80.1 Å². The van der Waals surface area contributed by atoms with Gasteiger partial charge in [0, 0.05) is 0 Å². The molecule has 36 heavy (non-hydrogen) atoms. The summed E-state index contributed by atoms with van der Waals surface area (Å²) in [6.45, 7) is 13.2. The van der Waals surface area contributed by atoms with Crippen LogP contribution in [-0.2, 0) is 4.79 Å². The zero-order chi connectivity index (χ0) is 26.5. The van der Waals surface area contributed by atoms with Crippen molar-refractivity contribution in [2.24, 2.45) is 0 Å². The number of carboxylic acid groups (broad SMARTS) is 1. The van der Waals surface area contributed by atoms with E-state index in [1.807, 2.05) is 0 Å². The summed E-state index contributed by atoms with van der Waals surface area (Å²) in [5.41, 5.74) is 7.75. The van der Waals surface area contributed by atoms with E-state index < -0.39 is 11.3 Å². The second-order valence-electron chi connectivity index (χ2n) is 10.9. The van der Waals surface area contributed by atoms with E-state index in [1.165, 1.54) is 49.3 Å². The van der Waals surface area contributed by atoms with Crippen LogP contribution in [0.25, 0.3) is 0 Å². The number of hydrogen-bond donors (Lipinski definition) is 1. The molecule has 0 aliphatic heterocycles. The van der Waals surface area contributed by atoms with E-state index in [0.29, 0.717) is 0 Å². The van der Waals surface area contributed by atoms with Gasteiger partial charge in [0.15, 0.2) is 0 Å². The molecule has 3 rings (SSSR count). The van der Waals surface area contributed by atoms with Gasteiger partial charge < -0.3 is 0 Å². The summed E-state index contributed by atoms with van der Waals surface area (Å²) < 4.78 is 0. The van der Waals surface area contributed by atoms with Crippen LogP contribution in [0.5, 0.6) is 0 Å². The zero-order valence-corrected chi connectivity index (χ0v) is 25.3. The maximum absolute atomic E-state index is 10.9. The molecule has 0 radical (unpaired) electrons. The monoisotopic (exact) mass is 568 g/mol. The Morgan fingerprint density at radius 1 is 0.583 bits per heavy atom. The molecule has 0 fully saturated rings. The average molecular weight is 570 g/mol. The molecule has 0 aromatic heterocycles. The van der Waals surface area contributed by atoms with Crippen molar-refractivity contribution in [1.29, 1.82) is 0 Å². The van der Waals surface area contributed by atoms with E-state index in [4.69, 9.17) is 5.11 Å². The molecule has 3 aromatic carbocycles. The second-order valence-corrected chi connectivity index (χ2v) is 19.9. The van der Waals surface area contributed by atoms with Crippen LogP contribution >= 0.6 is 20.8 Å². The zero-order valence-electron chi connectivity index (χ0n) is 22.8. The third kappa shape index (κ3) is 6.29. The second kappa shape index (κ2) is 11.6. The molecule has 4 heteroatoms. The first-order valence-corrected chi connectivity index (χ1v) is 17.6. The first-order valence-electron chi connectivity index (χ1n) is 13.1. The van der Waals surface area contributed by atoms with Gasteiger partial charge in [0.1, 0.15) is 0 Å². The van der Waals surface area contributed by atoms with Gasteiger partial charge in [-0.1, -0.05) is 0 Å². The Labute approximate surface area is 226 Å². The van der Waals surface area contributed by atoms with Crippen LogP contribution in [0.4, 0.5) is 0 Å². The van der Waals surface area contributed by atoms with Crippen molar-refractivity contribution < 1.29 is 9.90 Å². The number of unbranched alkanes of at least 4 members (excludes halogenated alkanes) is 4. The summed E-state index contributed by atoms with van der Waals surface area (Å²) in [7, 11) is 0. The van der Waals surface area contributed by atoms with Crippen molar-refractivity contribution in [3.05, 3.63) is 88.0 Å². The van der Waals surface area contributed by atoms with Crippen LogP contribution < -0.4 is 15.9 Å². The fourth-order valence-corrected chi connectivity index (χ4v) is 13.6. The molecule has 0 aliphatic rings. The number of hydrogen-bond acceptors (Lipinski definition) is 1. The topological polar surface area (TPSA) is 37.3 Å². The molecule has 0 saturated carbocycles. The molecule has 0 unspecified atom stereocenters. The van der Waals surface area contributed by atoms with Gasteiger partial charge in [-0.3, -0.25) is 0 Å². The molecule has 0 amide bonds. The summed E-state index contributed by atoms with van der Waals surface area (Å²) in [5.74, 6) is -0.695. The van der Waals surface area contributed by atoms with Crippen molar-refractivity contribution >= 4 is 42.7 Å². The summed E-state index contributed by atoms with van der Waals surface area (Å²) in [4.78, 5) is 10.9. The molecular formula is C32H42BrO2P. The van der Waals surface area contributed by atoms with Crippen molar-refractivity contribution in [2.75, 3.05) is 6.16 Å². The Morgan fingerprint density at radius 2 is 0.889 bits per heavy atom. The summed E-state index contributed by atoms with van der Waals surface area (Å²) >= 11 is 4.68. The minimum absolute atomic E-state index is 0.269. The first kappa shape index (κ1) is 28.6. The molecule has 0 aliphatic carbocycles. The van der Waals surface area contributed by atoms with E-state index in [1.54, 1.807) is 0 Å². The van der Waals surface area contributed by atoms with Crippen LogP contribution in [0, 0.1) is 41.5 Å². The summed E-state index contributed by atoms with van der Waals surface area (Å²) in [5, 5.41) is 10.2. The fraction of sp³-hybridized carbons (Fsp3) is 0.406. The third-order valence-electron chi connectivity index (χ3n) is 7.20. The Bertz CT molecular complexity index is 1060. The van der Waals surface area contributed by atoms with Crippen LogP contribution in [0.1, 0.15) is 71.9 Å². The van der Waals surface area contributed by atoms with Crippen LogP contribution in [0.3, 0.4) is 0 Å². The molecule has 0 heterocycles. The quantitative estimate of drug-likeness (QED) is 0.187. The number of aryl methyl sites for hydroxylation is 6. The van der Waals surface area contributed by atoms with Gasteiger partial charge >= 0.3 is 227 Å². The van der Waals surface area contributed by atoms with E-state index in [-0.39, 0.29) is 6.42 Å². The molecular weight excluding hydrogens is 527 g/mol. The molecule has 0 spiro atoms. The van der Waals surface area contributed by atoms with Crippen molar-refractivity contribution in [1.82, 2.24) is 0 Å². The number of carbonyl (C=O) groups is 1. The van der Waals surface area contributed by atoms with Crippen LogP contribution in [-0.4, -0.2) is 17.2 Å². The van der Waals surface area contributed by atoms with Gasteiger partial charge in [0.05, 0.1) is 0 Å². The normalized spacial score (nSPS) is 12.8. The van der Waals surface area contributed by atoms with Gasteiger partial charge in [0.2, 0.25) is 0 Å². The van der Waals surface area contributed by atoms with Crippen molar-refractivity contribution in [3.63, 3.8) is 0 Å². The van der Waals surface area contributed by atoms with Gasteiger partial charge in [-0.25, -0.2) is 0 Å². The van der Waals surface area contributed by atoms with Gasteiger partial charge in [0.25, 0.3) is 0 Å². The number of benzene rings is 3. The van der Waals surface area contributed by atoms with E-state index >= 15 is 0 Å². The SMILES string of the molecule is Cc1cc(C)cc(P(Br)(CCCCCCCC(=O)O)(c2cc(C)cc(C)c2)c2cc(C)cc(C)c2)c1. The number of carboxylic acids is 1. The van der Waals surface area contributed by atoms with Crippen LogP contribution in [0.15, 0.2) is 54.6 Å². The molecule has 0 bridgehead atoms. The average Bonchev–Trinajstić information content (AvgIpc) is 2.76. The fourth-order valence-electron chi connectivity index (χ4n) is 5.71. The van der Waals surface area contributed by atoms with Gasteiger partial charge in [-0.05, 0) is 0 Å². The van der Waals surface area contributed by atoms with Gasteiger partial charge in [-0.2, -0.15) is 0 Å². The standard InChI is InChI=1S/C32H42BrO2P/c1-23-14-24(2)18-29(17-23)36(33,30-19-25(3)15-26(4)20-30,31-21-27(5)16-28(6)22-31)13-11-9-7-8-10-12-32(34)35/h14-22H,7-13H2,1-6H3,(H,34,35). The van der Waals surface area contributed by atoms with Crippen LogP contribution in [0.2, 0.25) is 0 Å². The molecule has 194 valence electrons. The molecule has 2 nitrogen and oxygen atoms in total. The van der Waals surface area contributed by atoms with E-state index in [2.05, 4.69) is 112 Å². The molecule has 0 atom stereocenters. The predicted octanol–water partition coefficient (Wildman–Crippen LogP) is 8.10. The third-order valence-corrected chi connectivity index (χ3v) is 17.1. The molecule has 1 N–H and O–H groups in total. The Balaban J connectivity index is 2.21. The number of rotatable bonds is 11. The van der Waals surface area contributed by atoms with Gasteiger partial charge in [-0.15, -0.1) is 0 Å². The van der Waals surface area contributed by atoms with E-state index in [9.17, 15) is 4.79 Å². The molecule has 0 saturated heterocycles. The first-order chi connectivity index (χ1) is 16.9. The Morgan fingerprint density at radius 3 is 1.22 bits per heavy atom. The Hall–Kier alpha value is -1.96. The summed E-state index contributed by atoms with van der Waals surface area (Å²) in [6.07, 6.45) is 6.30. The minimum atomic E-state index is -3.00. The summed E-state index contributed by atoms with van der Waals surface area (Å²) in [6, 6.07) is 21.2. The van der Waals surface area contributed by atoms with Crippen molar-refractivity contribution in [3.8, 4) is 0 Å². The maximum atomic E-state index is 10.9. The number of aliphatic carboxylic acids is 1. The number of halogens is 1.